The molecule has 0 fully saturated rings. The Morgan fingerprint density at radius 2 is 2.06 bits per heavy atom. The lowest BCUT2D eigenvalue weighted by Gasteiger charge is -2.12. The Bertz CT molecular complexity index is 543. The van der Waals surface area contributed by atoms with Crippen molar-refractivity contribution in [1.29, 1.82) is 0 Å². The lowest BCUT2D eigenvalue weighted by molar-refractivity contribution is 0.416. The van der Waals surface area contributed by atoms with Crippen LogP contribution in [-0.2, 0) is 0 Å². The molecule has 0 aliphatic carbocycles. The number of hydrogen-bond acceptors (Lipinski definition) is 4. The van der Waals surface area contributed by atoms with Gasteiger partial charge in [-0.05, 0) is 36.2 Å². The molecule has 0 saturated carbocycles. The second-order valence-electron chi connectivity index (χ2n) is 3.91. The van der Waals surface area contributed by atoms with E-state index in [1.165, 1.54) is 5.56 Å². The fourth-order valence-electron chi connectivity index (χ4n) is 1.91. The Balaban J connectivity index is 2.44. The third kappa shape index (κ3) is 2.59. The minimum Gasteiger partial charge on any atom is -0.496 e. The van der Waals surface area contributed by atoms with Crippen molar-refractivity contribution < 1.29 is 4.74 Å². The third-order valence-electron chi connectivity index (χ3n) is 2.74. The normalized spacial score (nSPS) is 10.2. The standard InChI is InChI=1S/C14H16N2OS/c1-10-8-11(16-18-3)4-5-12(10)13-9-15-7-6-14(13)17-2/h4-9,16H,1-3H3. The molecular formula is C14H16N2OS. The summed E-state index contributed by atoms with van der Waals surface area (Å²) in [7, 11) is 1.68. The van der Waals surface area contributed by atoms with Gasteiger partial charge in [-0.2, -0.15) is 0 Å². The molecule has 1 aromatic heterocycles. The molecule has 2 rings (SSSR count). The van der Waals surface area contributed by atoms with Gasteiger partial charge >= 0.3 is 0 Å². The third-order valence-corrected chi connectivity index (χ3v) is 3.18. The summed E-state index contributed by atoms with van der Waals surface area (Å²) >= 11 is 1.59. The van der Waals surface area contributed by atoms with Gasteiger partial charge in [0.15, 0.2) is 0 Å². The first-order valence-electron chi connectivity index (χ1n) is 5.64. The van der Waals surface area contributed by atoms with Crippen LogP contribution in [0.1, 0.15) is 5.56 Å². The Morgan fingerprint density at radius 3 is 2.72 bits per heavy atom. The van der Waals surface area contributed by atoms with Crippen LogP contribution in [-0.4, -0.2) is 18.3 Å². The van der Waals surface area contributed by atoms with Crippen LogP contribution in [0.5, 0.6) is 5.75 Å². The SMILES string of the molecule is COc1ccncc1-c1ccc(NSC)cc1C. The lowest BCUT2D eigenvalue weighted by atomic mass is 10.0. The van der Waals surface area contributed by atoms with Crippen molar-refractivity contribution in [3.8, 4) is 16.9 Å². The molecule has 0 aliphatic rings. The van der Waals surface area contributed by atoms with Crippen molar-refractivity contribution in [1.82, 2.24) is 4.98 Å². The molecular weight excluding hydrogens is 244 g/mol. The van der Waals surface area contributed by atoms with Gasteiger partial charge in [-0.15, -0.1) is 0 Å². The van der Waals surface area contributed by atoms with E-state index in [1.807, 2.05) is 18.5 Å². The summed E-state index contributed by atoms with van der Waals surface area (Å²) in [6.07, 6.45) is 5.58. The average molecular weight is 260 g/mol. The molecule has 1 heterocycles. The van der Waals surface area contributed by atoms with Gasteiger partial charge < -0.3 is 9.46 Å². The van der Waals surface area contributed by atoms with Crippen molar-refractivity contribution in [3.63, 3.8) is 0 Å². The highest BCUT2D eigenvalue weighted by Gasteiger charge is 2.08. The fraction of sp³-hybridized carbons (Fsp3) is 0.214. The summed E-state index contributed by atoms with van der Waals surface area (Å²) < 4.78 is 8.60. The Morgan fingerprint density at radius 1 is 1.22 bits per heavy atom. The molecule has 0 amide bonds. The van der Waals surface area contributed by atoms with Crippen LogP contribution in [0.3, 0.4) is 0 Å². The smallest absolute Gasteiger partial charge is 0.129 e. The number of pyridine rings is 1. The first-order chi connectivity index (χ1) is 8.76. The number of nitrogens with zero attached hydrogens (tertiary/aromatic N) is 1. The number of anilines is 1. The quantitative estimate of drug-likeness (QED) is 0.849. The van der Waals surface area contributed by atoms with E-state index in [4.69, 9.17) is 4.74 Å². The highest BCUT2D eigenvalue weighted by atomic mass is 32.2. The summed E-state index contributed by atoms with van der Waals surface area (Å²) in [6.45, 7) is 2.09. The number of hydrogen-bond donors (Lipinski definition) is 1. The predicted molar refractivity (Wildman–Crippen MR) is 78.1 cm³/mol. The summed E-state index contributed by atoms with van der Waals surface area (Å²) in [5.74, 6) is 0.846. The second kappa shape index (κ2) is 5.78. The maximum absolute atomic E-state index is 5.37. The Labute approximate surface area is 112 Å². The monoisotopic (exact) mass is 260 g/mol. The molecule has 0 unspecified atom stereocenters. The van der Waals surface area contributed by atoms with Crippen molar-refractivity contribution in [2.45, 2.75) is 6.92 Å². The van der Waals surface area contributed by atoms with Gasteiger partial charge in [0, 0.05) is 29.9 Å². The molecule has 1 aromatic carbocycles. The van der Waals surface area contributed by atoms with Gasteiger partial charge in [0.05, 0.1) is 7.11 Å². The summed E-state index contributed by atoms with van der Waals surface area (Å²) in [5.41, 5.74) is 4.46. The van der Waals surface area contributed by atoms with Gasteiger partial charge in [0.25, 0.3) is 0 Å². The average Bonchev–Trinajstić information content (AvgIpc) is 2.39. The van der Waals surface area contributed by atoms with E-state index in [-0.39, 0.29) is 0 Å². The zero-order chi connectivity index (χ0) is 13.0. The van der Waals surface area contributed by atoms with Crippen molar-refractivity contribution in [2.24, 2.45) is 0 Å². The van der Waals surface area contributed by atoms with E-state index < -0.39 is 0 Å². The van der Waals surface area contributed by atoms with Crippen molar-refractivity contribution >= 4 is 17.6 Å². The summed E-state index contributed by atoms with van der Waals surface area (Å²) in [4.78, 5) is 4.17. The molecule has 3 nitrogen and oxygen atoms in total. The highest BCUT2D eigenvalue weighted by Crippen LogP contribution is 2.32. The van der Waals surface area contributed by atoms with Crippen molar-refractivity contribution in [2.75, 3.05) is 18.1 Å². The zero-order valence-electron chi connectivity index (χ0n) is 10.7. The molecule has 1 N–H and O–H groups in total. The van der Waals surface area contributed by atoms with Crippen LogP contribution in [0.25, 0.3) is 11.1 Å². The number of ether oxygens (including phenoxy) is 1. The number of nitrogens with one attached hydrogen (secondary N) is 1. The predicted octanol–water partition coefficient (Wildman–Crippen LogP) is 3.76. The van der Waals surface area contributed by atoms with Crippen LogP contribution in [0.4, 0.5) is 5.69 Å². The molecule has 0 atom stereocenters. The molecule has 2 aromatic rings. The van der Waals surface area contributed by atoms with E-state index in [1.54, 1.807) is 25.3 Å². The largest absolute Gasteiger partial charge is 0.496 e. The molecule has 0 spiro atoms. The number of methoxy groups -OCH3 is 1. The van der Waals surface area contributed by atoms with Crippen LogP contribution >= 0.6 is 11.9 Å². The molecule has 0 saturated heterocycles. The molecule has 0 bridgehead atoms. The van der Waals surface area contributed by atoms with Gasteiger partial charge in [-0.25, -0.2) is 0 Å². The Kier molecular flexibility index (Phi) is 4.10. The molecule has 94 valence electrons. The van der Waals surface area contributed by atoms with Gasteiger partial charge in [0.1, 0.15) is 5.75 Å². The maximum Gasteiger partial charge on any atom is 0.129 e. The number of rotatable bonds is 4. The topological polar surface area (TPSA) is 34.1 Å². The zero-order valence-corrected chi connectivity index (χ0v) is 11.5. The summed E-state index contributed by atoms with van der Waals surface area (Å²) in [5, 5.41) is 0. The summed E-state index contributed by atoms with van der Waals surface area (Å²) in [6, 6.07) is 8.15. The molecule has 18 heavy (non-hydrogen) atoms. The van der Waals surface area contributed by atoms with Crippen molar-refractivity contribution in [3.05, 3.63) is 42.2 Å². The van der Waals surface area contributed by atoms with Gasteiger partial charge in [0.2, 0.25) is 0 Å². The number of aromatic nitrogens is 1. The molecule has 4 heteroatoms. The highest BCUT2D eigenvalue weighted by molar-refractivity contribution is 7.99. The minimum absolute atomic E-state index is 0.846. The van der Waals surface area contributed by atoms with E-state index in [9.17, 15) is 0 Å². The molecule has 0 aliphatic heterocycles. The number of benzene rings is 1. The Hall–Kier alpha value is -1.68. The second-order valence-corrected chi connectivity index (χ2v) is 4.52. The molecule has 0 radical (unpaired) electrons. The minimum atomic E-state index is 0.846. The maximum atomic E-state index is 5.37. The van der Waals surface area contributed by atoms with Crippen LogP contribution in [0.15, 0.2) is 36.7 Å². The van der Waals surface area contributed by atoms with E-state index in [0.29, 0.717) is 0 Å². The fourth-order valence-corrected chi connectivity index (χ4v) is 2.27. The van der Waals surface area contributed by atoms with Gasteiger partial charge in [-0.3, -0.25) is 4.98 Å². The van der Waals surface area contributed by atoms with Crippen LogP contribution < -0.4 is 9.46 Å². The van der Waals surface area contributed by atoms with Gasteiger partial charge in [-0.1, -0.05) is 18.0 Å². The first-order valence-corrected chi connectivity index (χ1v) is 6.86. The number of aryl methyl sites for hydroxylation is 1. The van der Waals surface area contributed by atoms with Crippen LogP contribution in [0, 0.1) is 6.92 Å². The van der Waals surface area contributed by atoms with E-state index in [0.717, 1.165) is 22.6 Å². The van der Waals surface area contributed by atoms with E-state index in [2.05, 4.69) is 34.8 Å². The lowest BCUT2D eigenvalue weighted by Crippen LogP contribution is -1.92. The van der Waals surface area contributed by atoms with E-state index >= 15 is 0 Å². The first kappa shape index (κ1) is 12.8. The van der Waals surface area contributed by atoms with Crippen LogP contribution in [0.2, 0.25) is 0 Å².